The summed E-state index contributed by atoms with van der Waals surface area (Å²) in [5.41, 5.74) is 1.62. The van der Waals surface area contributed by atoms with Crippen LogP contribution in [0.2, 0.25) is 0 Å². The fourth-order valence-corrected chi connectivity index (χ4v) is 2.48. The van der Waals surface area contributed by atoms with Crippen LogP contribution in [0.25, 0.3) is 0 Å². The quantitative estimate of drug-likeness (QED) is 0.881. The number of carbonyl (C=O) groups is 2. The molecule has 0 aliphatic rings. The standard InChI is InChI=1S/C19H21NO4/c1-13-9-14(2)11-16(10-13)19(3,17(21)22)20-18(23)24-12-15-7-5-4-6-8-15/h4-11H,12H2,1-3H3,(H,20,23)(H,21,22). The van der Waals surface area contributed by atoms with Gasteiger partial charge in [0, 0.05) is 0 Å². The van der Waals surface area contributed by atoms with E-state index in [1.807, 2.05) is 50.2 Å². The Hall–Kier alpha value is -2.82. The monoisotopic (exact) mass is 327 g/mol. The highest BCUT2D eigenvalue weighted by atomic mass is 16.5. The van der Waals surface area contributed by atoms with E-state index >= 15 is 0 Å². The van der Waals surface area contributed by atoms with Crippen molar-refractivity contribution in [3.63, 3.8) is 0 Å². The van der Waals surface area contributed by atoms with Crippen LogP contribution in [-0.4, -0.2) is 17.2 Å². The molecular weight excluding hydrogens is 306 g/mol. The Morgan fingerprint density at radius 3 is 2.21 bits per heavy atom. The van der Waals surface area contributed by atoms with Crippen molar-refractivity contribution in [2.24, 2.45) is 0 Å². The zero-order valence-electron chi connectivity index (χ0n) is 14.0. The fourth-order valence-electron chi connectivity index (χ4n) is 2.48. The number of ether oxygens (including phenoxy) is 1. The van der Waals surface area contributed by atoms with Gasteiger partial charge in [-0.25, -0.2) is 9.59 Å². The molecule has 0 saturated carbocycles. The van der Waals surface area contributed by atoms with Crippen LogP contribution in [0, 0.1) is 13.8 Å². The van der Waals surface area contributed by atoms with Crippen molar-refractivity contribution in [3.05, 3.63) is 70.8 Å². The molecule has 2 aromatic carbocycles. The number of hydrogen-bond donors (Lipinski definition) is 2. The summed E-state index contributed by atoms with van der Waals surface area (Å²) in [6.45, 7) is 5.29. The van der Waals surface area contributed by atoms with Crippen LogP contribution in [0.15, 0.2) is 48.5 Å². The van der Waals surface area contributed by atoms with Gasteiger partial charge in [-0.05, 0) is 31.9 Å². The molecule has 126 valence electrons. The molecule has 0 spiro atoms. The van der Waals surface area contributed by atoms with Gasteiger partial charge in [0.1, 0.15) is 6.61 Å². The third-order valence-electron chi connectivity index (χ3n) is 3.79. The molecular formula is C19H21NO4. The first-order chi connectivity index (χ1) is 11.3. The molecule has 0 saturated heterocycles. The number of carbonyl (C=O) groups excluding carboxylic acids is 1. The number of rotatable bonds is 5. The highest BCUT2D eigenvalue weighted by molar-refractivity contribution is 5.85. The number of nitrogens with one attached hydrogen (secondary N) is 1. The first-order valence-corrected chi connectivity index (χ1v) is 7.62. The summed E-state index contributed by atoms with van der Waals surface area (Å²) in [6, 6.07) is 14.6. The average molecular weight is 327 g/mol. The summed E-state index contributed by atoms with van der Waals surface area (Å²) < 4.78 is 5.14. The molecule has 2 rings (SSSR count). The van der Waals surface area contributed by atoms with E-state index in [4.69, 9.17) is 4.74 Å². The lowest BCUT2D eigenvalue weighted by Crippen LogP contribution is -2.49. The van der Waals surface area contributed by atoms with E-state index < -0.39 is 17.6 Å². The SMILES string of the molecule is Cc1cc(C)cc(C(C)(NC(=O)OCc2ccccc2)C(=O)O)c1. The summed E-state index contributed by atoms with van der Waals surface area (Å²) in [5, 5.41) is 12.1. The van der Waals surface area contributed by atoms with Crippen molar-refractivity contribution in [2.75, 3.05) is 0 Å². The predicted octanol–water partition coefficient (Wildman–Crippen LogP) is 3.53. The van der Waals surface area contributed by atoms with E-state index in [9.17, 15) is 14.7 Å². The van der Waals surface area contributed by atoms with E-state index in [1.54, 1.807) is 12.1 Å². The molecule has 1 atom stereocenters. The van der Waals surface area contributed by atoms with E-state index in [1.165, 1.54) is 6.92 Å². The van der Waals surface area contributed by atoms with Crippen molar-refractivity contribution in [1.29, 1.82) is 0 Å². The van der Waals surface area contributed by atoms with Gasteiger partial charge in [0.25, 0.3) is 0 Å². The van der Waals surface area contributed by atoms with Crippen molar-refractivity contribution >= 4 is 12.1 Å². The van der Waals surface area contributed by atoms with Gasteiger partial charge >= 0.3 is 12.1 Å². The Kier molecular flexibility index (Phi) is 5.24. The Bertz CT molecular complexity index is 722. The number of alkyl carbamates (subject to hydrolysis) is 1. The van der Waals surface area contributed by atoms with Gasteiger partial charge in [-0.15, -0.1) is 0 Å². The number of aryl methyl sites for hydroxylation is 2. The molecule has 0 heterocycles. The van der Waals surface area contributed by atoms with Crippen LogP contribution in [0.5, 0.6) is 0 Å². The third-order valence-corrected chi connectivity index (χ3v) is 3.79. The van der Waals surface area contributed by atoms with Crippen molar-refractivity contribution in [3.8, 4) is 0 Å². The number of carboxylic acids is 1. The maximum absolute atomic E-state index is 12.1. The number of aliphatic carboxylic acids is 1. The average Bonchev–Trinajstić information content (AvgIpc) is 2.52. The van der Waals surface area contributed by atoms with Gasteiger partial charge in [-0.1, -0.05) is 59.7 Å². The van der Waals surface area contributed by atoms with Crippen LogP contribution in [0.1, 0.15) is 29.2 Å². The van der Waals surface area contributed by atoms with Crippen molar-refractivity contribution in [1.82, 2.24) is 5.32 Å². The Morgan fingerprint density at radius 2 is 1.67 bits per heavy atom. The number of amides is 1. The van der Waals surface area contributed by atoms with Crippen molar-refractivity contribution < 1.29 is 19.4 Å². The summed E-state index contributed by atoms with van der Waals surface area (Å²) in [7, 11) is 0. The third kappa shape index (κ3) is 4.13. The van der Waals surface area contributed by atoms with E-state index in [2.05, 4.69) is 5.32 Å². The summed E-state index contributed by atoms with van der Waals surface area (Å²) in [5.74, 6) is -1.15. The summed E-state index contributed by atoms with van der Waals surface area (Å²) in [4.78, 5) is 23.9. The largest absolute Gasteiger partial charge is 0.479 e. The summed E-state index contributed by atoms with van der Waals surface area (Å²) >= 11 is 0. The molecule has 0 aliphatic heterocycles. The highest BCUT2D eigenvalue weighted by Crippen LogP contribution is 2.24. The number of carboxylic acid groups (broad SMARTS) is 1. The molecule has 2 N–H and O–H groups in total. The molecule has 0 aromatic heterocycles. The van der Waals surface area contributed by atoms with Gasteiger partial charge < -0.3 is 15.2 Å². The van der Waals surface area contributed by atoms with Gasteiger partial charge in [0.05, 0.1) is 0 Å². The van der Waals surface area contributed by atoms with Crippen LogP contribution in [0.3, 0.4) is 0 Å². The van der Waals surface area contributed by atoms with Gasteiger partial charge in [0.2, 0.25) is 0 Å². The highest BCUT2D eigenvalue weighted by Gasteiger charge is 2.37. The molecule has 5 nitrogen and oxygen atoms in total. The Balaban J connectivity index is 2.15. The molecule has 0 aliphatic carbocycles. The van der Waals surface area contributed by atoms with E-state index in [0.29, 0.717) is 5.56 Å². The van der Waals surface area contributed by atoms with Crippen molar-refractivity contribution in [2.45, 2.75) is 32.9 Å². The second-order valence-corrected chi connectivity index (χ2v) is 5.99. The predicted molar refractivity (Wildman–Crippen MR) is 90.7 cm³/mol. The van der Waals surface area contributed by atoms with Crippen LogP contribution >= 0.6 is 0 Å². The fraction of sp³-hybridized carbons (Fsp3) is 0.263. The number of benzene rings is 2. The molecule has 1 amide bonds. The molecule has 0 fully saturated rings. The molecule has 0 bridgehead atoms. The second-order valence-electron chi connectivity index (χ2n) is 5.99. The van der Waals surface area contributed by atoms with Crippen LogP contribution in [0.4, 0.5) is 4.79 Å². The molecule has 24 heavy (non-hydrogen) atoms. The zero-order chi connectivity index (χ0) is 17.7. The Labute approximate surface area is 141 Å². The minimum Gasteiger partial charge on any atom is -0.479 e. The van der Waals surface area contributed by atoms with Crippen LogP contribution < -0.4 is 5.32 Å². The topological polar surface area (TPSA) is 75.6 Å². The zero-order valence-corrected chi connectivity index (χ0v) is 14.0. The lowest BCUT2D eigenvalue weighted by atomic mass is 9.90. The normalized spacial score (nSPS) is 13.0. The van der Waals surface area contributed by atoms with Gasteiger partial charge in [-0.3, -0.25) is 0 Å². The smallest absolute Gasteiger partial charge is 0.408 e. The first-order valence-electron chi connectivity index (χ1n) is 7.62. The lowest BCUT2D eigenvalue weighted by molar-refractivity contribution is -0.144. The second kappa shape index (κ2) is 7.17. The molecule has 2 aromatic rings. The maximum Gasteiger partial charge on any atom is 0.408 e. The molecule has 1 unspecified atom stereocenters. The maximum atomic E-state index is 12.1. The van der Waals surface area contributed by atoms with Gasteiger partial charge in [-0.2, -0.15) is 0 Å². The lowest BCUT2D eigenvalue weighted by Gasteiger charge is -2.27. The van der Waals surface area contributed by atoms with E-state index in [0.717, 1.165) is 16.7 Å². The Morgan fingerprint density at radius 1 is 1.08 bits per heavy atom. The minimum absolute atomic E-state index is 0.0786. The summed E-state index contributed by atoms with van der Waals surface area (Å²) in [6.07, 6.45) is -0.775. The first kappa shape index (κ1) is 17.5. The molecule has 0 radical (unpaired) electrons. The molecule has 5 heteroatoms. The van der Waals surface area contributed by atoms with Crippen LogP contribution in [-0.2, 0) is 21.7 Å². The van der Waals surface area contributed by atoms with E-state index in [-0.39, 0.29) is 6.61 Å². The number of hydrogen-bond acceptors (Lipinski definition) is 3. The van der Waals surface area contributed by atoms with Gasteiger partial charge in [0.15, 0.2) is 5.54 Å². The minimum atomic E-state index is -1.56.